The number of rotatable bonds is 10. The van der Waals surface area contributed by atoms with Crippen LogP contribution in [0.1, 0.15) is 19.8 Å². The van der Waals surface area contributed by atoms with Gasteiger partial charge >= 0.3 is 5.97 Å². The van der Waals surface area contributed by atoms with Crippen LogP contribution in [-0.4, -0.2) is 88.2 Å². The lowest BCUT2D eigenvalue weighted by Gasteiger charge is -2.25. The van der Waals surface area contributed by atoms with Crippen LogP contribution in [0.4, 0.5) is 0 Å². The quantitative estimate of drug-likeness (QED) is 0.173. The molecule has 1 aliphatic heterocycles. The van der Waals surface area contributed by atoms with Crippen LogP contribution in [0.15, 0.2) is 0 Å². The predicted molar refractivity (Wildman–Crippen MR) is 97.1 cm³/mol. The standard InChI is InChI=1S/C15H26N4O7S/c1-7(21)11(14(24)18-10(6-27)15(25)26)19-13(23)9(5-20)17-12(22)8-3-2-4-16-8/h7-11,16,20-21,27H,2-6H2,1H3,(H,17,22)(H,18,24)(H,19,23)(H,25,26). The van der Waals surface area contributed by atoms with Crippen molar-refractivity contribution >= 4 is 36.3 Å². The molecule has 5 unspecified atom stereocenters. The molecule has 5 atom stereocenters. The highest BCUT2D eigenvalue weighted by Crippen LogP contribution is 2.05. The number of aliphatic carboxylic acids is 1. The van der Waals surface area contributed by atoms with Gasteiger partial charge in [-0.1, -0.05) is 0 Å². The van der Waals surface area contributed by atoms with E-state index in [9.17, 15) is 29.4 Å². The summed E-state index contributed by atoms with van der Waals surface area (Å²) in [6.45, 7) is 1.19. The Labute approximate surface area is 161 Å². The second-order valence-corrected chi connectivity index (χ2v) is 6.57. The van der Waals surface area contributed by atoms with Crippen LogP contribution in [0, 0.1) is 0 Å². The average molecular weight is 406 g/mol. The number of hydrogen-bond donors (Lipinski definition) is 8. The molecule has 0 saturated carbocycles. The molecule has 0 aromatic heterocycles. The maximum atomic E-state index is 12.3. The Morgan fingerprint density at radius 1 is 1.15 bits per heavy atom. The van der Waals surface area contributed by atoms with Crippen LogP contribution in [-0.2, 0) is 19.2 Å². The van der Waals surface area contributed by atoms with Gasteiger partial charge in [-0.25, -0.2) is 4.79 Å². The minimum absolute atomic E-state index is 0.189. The van der Waals surface area contributed by atoms with Gasteiger partial charge in [-0.15, -0.1) is 0 Å². The Bertz CT molecular complexity index is 554. The summed E-state index contributed by atoms with van der Waals surface area (Å²) in [5.41, 5.74) is 0. The summed E-state index contributed by atoms with van der Waals surface area (Å²) >= 11 is 3.82. The first-order valence-corrected chi connectivity index (χ1v) is 9.11. The van der Waals surface area contributed by atoms with Crippen molar-refractivity contribution < 1.29 is 34.5 Å². The fraction of sp³-hybridized carbons (Fsp3) is 0.733. The Kier molecular flexibility index (Phi) is 9.49. The second kappa shape index (κ2) is 11.1. The Morgan fingerprint density at radius 3 is 2.26 bits per heavy atom. The highest BCUT2D eigenvalue weighted by Gasteiger charge is 2.32. The van der Waals surface area contributed by atoms with Crippen molar-refractivity contribution in [3.8, 4) is 0 Å². The van der Waals surface area contributed by atoms with Gasteiger partial charge in [0.05, 0.1) is 18.8 Å². The highest BCUT2D eigenvalue weighted by molar-refractivity contribution is 7.80. The van der Waals surface area contributed by atoms with Gasteiger partial charge in [-0.2, -0.15) is 12.6 Å². The molecule has 1 aliphatic rings. The van der Waals surface area contributed by atoms with Gasteiger partial charge < -0.3 is 36.6 Å². The summed E-state index contributed by atoms with van der Waals surface area (Å²) in [4.78, 5) is 47.5. The SMILES string of the molecule is CC(O)C(NC(=O)C(CO)NC(=O)C1CCCN1)C(=O)NC(CS)C(=O)O. The van der Waals surface area contributed by atoms with Crippen LogP contribution < -0.4 is 21.3 Å². The summed E-state index contributed by atoms with van der Waals surface area (Å²) in [6.07, 6.45) is 0.0635. The molecule has 0 aromatic rings. The van der Waals surface area contributed by atoms with Gasteiger partial charge in [0.25, 0.3) is 0 Å². The van der Waals surface area contributed by atoms with Crippen LogP contribution in [0.2, 0.25) is 0 Å². The Balaban J connectivity index is 2.72. The second-order valence-electron chi connectivity index (χ2n) is 6.20. The molecular weight excluding hydrogens is 380 g/mol. The van der Waals surface area contributed by atoms with E-state index in [0.717, 1.165) is 6.42 Å². The van der Waals surface area contributed by atoms with Crippen molar-refractivity contribution in [3.63, 3.8) is 0 Å². The van der Waals surface area contributed by atoms with Gasteiger partial charge in [0, 0.05) is 5.75 Å². The lowest BCUT2D eigenvalue weighted by molar-refractivity contribution is -0.142. The van der Waals surface area contributed by atoms with E-state index < -0.39 is 60.6 Å². The van der Waals surface area contributed by atoms with E-state index in [4.69, 9.17) is 5.11 Å². The molecule has 154 valence electrons. The molecule has 0 radical (unpaired) electrons. The zero-order valence-electron chi connectivity index (χ0n) is 14.8. The van der Waals surface area contributed by atoms with E-state index in [0.29, 0.717) is 13.0 Å². The van der Waals surface area contributed by atoms with Gasteiger partial charge in [0.2, 0.25) is 17.7 Å². The largest absolute Gasteiger partial charge is 0.480 e. The van der Waals surface area contributed by atoms with E-state index in [-0.39, 0.29) is 5.75 Å². The zero-order chi connectivity index (χ0) is 20.6. The minimum atomic E-state index is -1.48. The van der Waals surface area contributed by atoms with Gasteiger partial charge in [-0.05, 0) is 26.3 Å². The molecule has 1 rings (SSSR count). The average Bonchev–Trinajstić information content (AvgIpc) is 3.15. The van der Waals surface area contributed by atoms with Crippen LogP contribution >= 0.6 is 12.6 Å². The fourth-order valence-corrected chi connectivity index (χ4v) is 2.73. The summed E-state index contributed by atoms with van der Waals surface area (Å²) in [5.74, 6) is -3.78. The first-order valence-electron chi connectivity index (χ1n) is 8.48. The summed E-state index contributed by atoms with van der Waals surface area (Å²) < 4.78 is 0. The molecule has 12 heteroatoms. The number of hydrogen-bond acceptors (Lipinski definition) is 8. The van der Waals surface area contributed by atoms with Crippen LogP contribution in [0.25, 0.3) is 0 Å². The lowest BCUT2D eigenvalue weighted by atomic mass is 10.1. The third-order valence-corrected chi connectivity index (χ3v) is 4.42. The molecular formula is C15H26N4O7S. The van der Waals surface area contributed by atoms with E-state index in [2.05, 4.69) is 33.9 Å². The van der Waals surface area contributed by atoms with Gasteiger partial charge in [-0.3, -0.25) is 14.4 Å². The van der Waals surface area contributed by atoms with Crippen molar-refractivity contribution in [2.24, 2.45) is 0 Å². The number of amides is 3. The molecule has 0 aliphatic carbocycles. The number of aliphatic hydroxyl groups excluding tert-OH is 2. The Hall–Kier alpha value is -1.89. The molecule has 3 amide bonds. The number of aliphatic hydroxyl groups is 2. The number of carbonyl (C=O) groups excluding carboxylic acids is 3. The first-order chi connectivity index (χ1) is 12.7. The third kappa shape index (κ3) is 6.97. The normalized spacial score (nSPS) is 20.8. The first kappa shape index (κ1) is 23.1. The van der Waals surface area contributed by atoms with Crippen LogP contribution in [0.5, 0.6) is 0 Å². The van der Waals surface area contributed by atoms with Crippen LogP contribution in [0.3, 0.4) is 0 Å². The molecule has 0 aromatic carbocycles. The summed E-state index contributed by atoms with van der Waals surface area (Å²) in [7, 11) is 0. The van der Waals surface area contributed by atoms with E-state index in [1.807, 2.05) is 0 Å². The van der Waals surface area contributed by atoms with Crippen molar-refractivity contribution in [2.45, 2.75) is 50.0 Å². The molecule has 1 saturated heterocycles. The molecule has 27 heavy (non-hydrogen) atoms. The number of carboxylic acid groups (broad SMARTS) is 1. The van der Waals surface area contributed by atoms with E-state index in [1.165, 1.54) is 6.92 Å². The topological polar surface area (TPSA) is 177 Å². The Morgan fingerprint density at radius 2 is 1.81 bits per heavy atom. The smallest absolute Gasteiger partial charge is 0.327 e. The third-order valence-electron chi connectivity index (χ3n) is 4.05. The predicted octanol–water partition coefficient (Wildman–Crippen LogP) is -3.42. The maximum absolute atomic E-state index is 12.3. The maximum Gasteiger partial charge on any atom is 0.327 e. The van der Waals surface area contributed by atoms with E-state index in [1.54, 1.807) is 0 Å². The summed E-state index contributed by atoms with van der Waals surface area (Å²) in [5, 5.41) is 37.8. The molecule has 0 spiro atoms. The van der Waals surface area contributed by atoms with Crippen molar-refractivity contribution in [2.75, 3.05) is 18.9 Å². The zero-order valence-corrected chi connectivity index (χ0v) is 15.7. The van der Waals surface area contributed by atoms with Gasteiger partial charge in [0.15, 0.2) is 0 Å². The minimum Gasteiger partial charge on any atom is -0.480 e. The monoisotopic (exact) mass is 406 g/mol. The molecule has 0 bridgehead atoms. The van der Waals surface area contributed by atoms with Crippen molar-refractivity contribution in [3.05, 3.63) is 0 Å². The number of nitrogens with one attached hydrogen (secondary N) is 4. The highest BCUT2D eigenvalue weighted by atomic mass is 32.1. The van der Waals surface area contributed by atoms with Crippen molar-refractivity contribution in [1.82, 2.24) is 21.3 Å². The van der Waals surface area contributed by atoms with E-state index >= 15 is 0 Å². The molecule has 11 nitrogen and oxygen atoms in total. The number of carbonyl (C=O) groups is 4. The molecule has 1 heterocycles. The van der Waals surface area contributed by atoms with Gasteiger partial charge in [0.1, 0.15) is 18.1 Å². The number of thiol groups is 1. The fourth-order valence-electron chi connectivity index (χ4n) is 2.48. The summed E-state index contributed by atoms with van der Waals surface area (Å²) in [6, 6.07) is -4.57. The number of carboxylic acids is 1. The molecule has 7 N–H and O–H groups in total. The molecule has 1 fully saturated rings. The lowest BCUT2D eigenvalue weighted by Crippen LogP contribution is -2.60. The van der Waals surface area contributed by atoms with Crippen molar-refractivity contribution in [1.29, 1.82) is 0 Å².